The van der Waals surface area contributed by atoms with Crippen molar-refractivity contribution in [2.45, 2.75) is 32.2 Å². The summed E-state index contributed by atoms with van der Waals surface area (Å²) in [6, 6.07) is 2.09. The Hall–Kier alpha value is -0.610. The maximum Gasteiger partial charge on any atom is 0.122 e. The van der Waals surface area contributed by atoms with Crippen molar-refractivity contribution >= 4 is 12.2 Å². The smallest absolute Gasteiger partial charge is 0.122 e. The molecule has 0 atom stereocenters. The molecule has 2 rings (SSSR count). The fraction of sp³-hybridized carbons (Fsp3) is 0.700. The van der Waals surface area contributed by atoms with E-state index in [0.717, 1.165) is 37.2 Å². The predicted molar refractivity (Wildman–Crippen MR) is 58.1 cm³/mol. The van der Waals surface area contributed by atoms with Gasteiger partial charge < -0.3 is 9.84 Å². The minimum absolute atomic E-state index is 0.609. The number of hydrogen-bond donors (Lipinski definition) is 1. The summed E-state index contributed by atoms with van der Waals surface area (Å²) in [5, 5.41) is 3.36. The Morgan fingerprint density at radius 3 is 2.86 bits per heavy atom. The number of aryl methyl sites for hydroxylation is 1. The first kappa shape index (κ1) is 9.93. The van der Waals surface area contributed by atoms with Crippen molar-refractivity contribution in [2.75, 3.05) is 13.2 Å². The van der Waals surface area contributed by atoms with Crippen LogP contribution in [0.15, 0.2) is 6.07 Å². The molecule has 1 N–H and O–H groups in total. The largest absolute Gasteiger partial charge is 0.381 e. The molecule has 14 heavy (non-hydrogen) atoms. The molecular weight excluding hydrogens is 196 g/mol. The highest BCUT2D eigenvalue weighted by atomic mass is 32.1. The zero-order chi connectivity index (χ0) is 9.97. The molecule has 1 aliphatic rings. The molecule has 1 fully saturated rings. The van der Waals surface area contributed by atoms with Gasteiger partial charge in [0, 0.05) is 31.4 Å². The summed E-state index contributed by atoms with van der Waals surface area (Å²) in [5.74, 6) is 0.609. The minimum atomic E-state index is 0.609. The van der Waals surface area contributed by atoms with Crippen LogP contribution in [0.3, 0.4) is 0 Å². The van der Waals surface area contributed by atoms with Crippen LogP contribution >= 0.6 is 12.2 Å². The quantitative estimate of drug-likeness (QED) is 0.763. The monoisotopic (exact) mass is 212 g/mol. The van der Waals surface area contributed by atoms with E-state index in [9.17, 15) is 0 Å². The lowest BCUT2D eigenvalue weighted by Crippen LogP contribution is -2.14. The number of hydrogen-bond acceptors (Lipinski definition) is 2. The van der Waals surface area contributed by atoms with Crippen LogP contribution in [-0.4, -0.2) is 23.0 Å². The van der Waals surface area contributed by atoms with Crippen molar-refractivity contribution in [2.24, 2.45) is 0 Å². The Kier molecular flexibility index (Phi) is 3.03. The predicted octanol–water partition coefficient (Wildman–Crippen LogP) is 2.46. The highest BCUT2D eigenvalue weighted by Gasteiger charge is 2.17. The minimum Gasteiger partial charge on any atom is -0.381 e. The molecule has 1 saturated heterocycles. The Morgan fingerprint density at radius 1 is 1.57 bits per heavy atom. The topological polar surface area (TPSA) is 29.9 Å². The second-order valence-corrected chi connectivity index (χ2v) is 4.10. The molecule has 0 aromatic carbocycles. The number of aromatic amines is 1. The zero-order valence-corrected chi connectivity index (χ0v) is 9.27. The molecule has 0 amide bonds. The number of aromatic nitrogens is 2. The highest BCUT2D eigenvalue weighted by Crippen LogP contribution is 2.25. The summed E-state index contributed by atoms with van der Waals surface area (Å²) < 4.78 is 8.26. The molecule has 0 unspecified atom stereocenters. The zero-order valence-electron chi connectivity index (χ0n) is 8.45. The van der Waals surface area contributed by atoms with E-state index in [-0.39, 0.29) is 0 Å². The van der Waals surface area contributed by atoms with Crippen molar-refractivity contribution in [3.05, 3.63) is 16.4 Å². The van der Waals surface area contributed by atoms with Crippen molar-refractivity contribution in [1.29, 1.82) is 0 Å². The second kappa shape index (κ2) is 4.28. The third-order valence-corrected chi connectivity index (χ3v) is 3.12. The number of nitrogens with one attached hydrogen (secondary N) is 1. The molecule has 0 saturated carbocycles. The van der Waals surface area contributed by atoms with Crippen LogP contribution in [0.5, 0.6) is 0 Å². The van der Waals surface area contributed by atoms with E-state index >= 15 is 0 Å². The van der Waals surface area contributed by atoms with Gasteiger partial charge in [-0.3, -0.25) is 4.68 Å². The van der Waals surface area contributed by atoms with Gasteiger partial charge >= 0.3 is 0 Å². The van der Waals surface area contributed by atoms with Gasteiger partial charge in [0.1, 0.15) is 4.64 Å². The summed E-state index contributed by atoms with van der Waals surface area (Å²) in [5.41, 5.74) is 1.28. The summed E-state index contributed by atoms with van der Waals surface area (Å²) in [6.45, 7) is 4.77. The van der Waals surface area contributed by atoms with Gasteiger partial charge in [0.2, 0.25) is 0 Å². The Labute approximate surface area is 89.1 Å². The highest BCUT2D eigenvalue weighted by molar-refractivity contribution is 7.71. The van der Waals surface area contributed by atoms with E-state index < -0.39 is 0 Å². The molecule has 1 aromatic heterocycles. The first-order valence-electron chi connectivity index (χ1n) is 5.18. The van der Waals surface area contributed by atoms with Gasteiger partial charge in [0.25, 0.3) is 0 Å². The molecule has 0 spiro atoms. The molecule has 4 heteroatoms. The number of rotatable bonds is 2. The van der Waals surface area contributed by atoms with Gasteiger partial charge in [-0.25, -0.2) is 0 Å². The van der Waals surface area contributed by atoms with E-state index in [4.69, 9.17) is 17.0 Å². The van der Waals surface area contributed by atoms with Gasteiger partial charge in [-0.05, 0) is 25.8 Å². The van der Waals surface area contributed by atoms with Crippen LogP contribution in [0.4, 0.5) is 0 Å². The van der Waals surface area contributed by atoms with Crippen LogP contribution < -0.4 is 0 Å². The van der Waals surface area contributed by atoms with Gasteiger partial charge in [-0.15, -0.1) is 0 Å². The van der Waals surface area contributed by atoms with Gasteiger partial charge in [0.15, 0.2) is 0 Å². The van der Waals surface area contributed by atoms with Crippen LogP contribution in [-0.2, 0) is 11.3 Å². The first-order chi connectivity index (χ1) is 6.81. The summed E-state index contributed by atoms with van der Waals surface area (Å²) in [4.78, 5) is 0. The summed E-state index contributed by atoms with van der Waals surface area (Å²) >= 11 is 5.24. The normalized spacial score (nSPS) is 18.6. The van der Waals surface area contributed by atoms with E-state index in [0.29, 0.717) is 5.92 Å². The fourth-order valence-electron chi connectivity index (χ4n) is 1.91. The third-order valence-electron chi connectivity index (χ3n) is 2.79. The fourth-order valence-corrected chi connectivity index (χ4v) is 2.21. The molecule has 78 valence electrons. The lowest BCUT2D eigenvalue weighted by Gasteiger charge is -2.20. The first-order valence-corrected chi connectivity index (χ1v) is 5.59. The number of ether oxygens (including phenoxy) is 1. The number of H-pyrrole nitrogens is 1. The molecular formula is C10H16N2OS. The van der Waals surface area contributed by atoms with Crippen molar-refractivity contribution in [3.8, 4) is 0 Å². The van der Waals surface area contributed by atoms with Crippen molar-refractivity contribution in [1.82, 2.24) is 9.78 Å². The van der Waals surface area contributed by atoms with Gasteiger partial charge in [-0.2, -0.15) is 0 Å². The van der Waals surface area contributed by atoms with Crippen molar-refractivity contribution < 1.29 is 4.74 Å². The van der Waals surface area contributed by atoms with Gasteiger partial charge in [0.05, 0.1) is 0 Å². The molecule has 2 heterocycles. The maximum absolute atomic E-state index is 5.34. The van der Waals surface area contributed by atoms with Gasteiger partial charge in [-0.1, -0.05) is 12.2 Å². The van der Waals surface area contributed by atoms with E-state index in [1.165, 1.54) is 5.69 Å². The summed E-state index contributed by atoms with van der Waals surface area (Å²) in [7, 11) is 0. The summed E-state index contributed by atoms with van der Waals surface area (Å²) in [6.07, 6.45) is 2.22. The Balaban J connectivity index is 2.18. The third kappa shape index (κ3) is 1.91. The average Bonchev–Trinajstić information content (AvgIpc) is 2.61. The molecule has 3 nitrogen and oxygen atoms in total. The molecule has 1 aliphatic heterocycles. The molecule has 1 aromatic rings. The Bertz CT molecular complexity index is 349. The molecule has 0 aliphatic carbocycles. The SMILES string of the molecule is CCn1[nH]c(C2CCOCC2)cc1=S. The lowest BCUT2D eigenvalue weighted by atomic mass is 9.97. The average molecular weight is 212 g/mol. The standard InChI is InChI=1S/C10H16N2OS/c1-2-12-10(14)7-9(11-12)8-3-5-13-6-4-8/h7-8,11H,2-6H2,1H3. The maximum atomic E-state index is 5.34. The molecule has 0 bridgehead atoms. The number of nitrogens with zero attached hydrogens (tertiary/aromatic N) is 1. The molecule has 0 radical (unpaired) electrons. The van der Waals surface area contributed by atoms with E-state index in [1.54, 1.807) is 0 Å². The van der Waals surface area contributed by atoms with Crippen LogP contribution in [0, 0.1) is 4.64 Å². The van der Waals surface area contributed by atoms with E-state index in [2.05, 4.69) is 18.1 Å². The van der Waals surface area contributed by atoms with E-state index in [1.807, 2.05) is 4.68 Å². The van der Waals surface area contributed by atoms with Crippen LogP contribution in [0.1, 0.15) is 31.4 Å². The van der Waals surface area contributed by atoms with Crippen LogP contribution in [0.2, 0.25) is 0 Å². The Morgan fingerprint density at radius 2 is 2.29 bits per heavy atom. The van der Waals surface area contributed by atoms with Crippen LogP contribution in [0.25, 0.3) is 0 Å². The van der Waals surface area contributed by atoms with Crippen molar-refractivity contribution in [3.63, 3.8) is 0 Å². The lowest BCUT2D eigenvalue weighted by molar-refractivity contribution is 0.0843. The second-order valence-electron chi connectivity index (χ2n) is 3.68.